The summed E-state index contributed by atoms with van der Waals surface area (Å²) in [5.74, 6) is 0.450. The Labute approximate surface area is 142 Å². The van der Waals surface area contributed by atoms with Crippen molar-refractivity contribution in [2.45, 2.75) is 70.2 Å². The van der Waals surface area contributed by atoms with Crippen LogP contribution in [0.15, 0.2) is 18.2 Å². The maximum Gasteiger partial charge on any atom is 0.231 e. The lowest BCUT2D eigenvalue weighted by Gasteiger charge is -2.52. The molecule has 4 rings (SSSR count). The van der Waals surface area contributed by atoms with Gasteiger partial charge in [-0.25, -0.2) is 0 Å². The van der Waals surface area contributed by atoms with Gasteiger partial charge in [-0.2, -0.15) is 0 Å². The normalized spacial score (nSPS) is 35.8. The van der Waals surface area contributed by atoms with Crippen LogP contribution in [-0.2, 0) is 9.47 Å². The second kappa shape index (κ2) is 6.52. The molecule has 2 N–H and O–H groups in total. The van der Waals surface area contributed by atoms with E-state index in [9.17, 15) is 10.2 Å². The van der Waals surface area contributed by atoms with Gasteiger partial charge in [0, 0.05) is 5.92 Å². The van der Waals surface area contributed by atoms with E-state index < -0.39 is 30.2 Å². The Morgan fingerprint density at radius 1 is 1.00 bits per heavy atom. The summed E-state index contributed by atoms with van der Waals surface area (Å²) in [4.78, 5) is 0. The Kier molecular flexibility index (Phi) is 4.75. The van der Waals surface area contributed by atoms with Crippen LogP contribution in [0.2, 0.25) is 0 Å². The molecule has 5 unspecified atom stereocenters. The van der Waals surface area contributed by atoms with Crippen LogP contribution < -0.4 is 9.47 Å². The minimum absolute atomic E-state index is 0.126. The van der Waals surface area contributed by atoms with Crippen molar-refractivity contribution in [3.05, 3.63) is 23.8 Å². The van der Waals surface area contributed by atoms with Crippen molar-refractivity contribution in [3.63, 3.8) is 0 Å². The topological polar surface area (TPSA) is 77.4 Å². The molecular formula is C18H26O6. The zero-order chi connectivity index (χ0) is 17.5. The van der Waals surface area contributed by atoms with Gasteiger partial charge >= 0.3 is 0 Å². The van der Waals surface area contributed by atoms with E-state index in [-0.39, 0.29) is 12.7 Å². The van der Waals surface area contributed by atoms with Gasteiger partial charge in [-0.15, -0.1) is 0 Å². The number of aliphatic hydroxyl groups excluding tert-OH is 2. The minimum atomic E-state index is -0.854. The molecule has 134 valence electrons. The lowest BCUT2D eigenvalue weighted by Crippen LogP contribution is -2.63. The van der Waals surface area contributed by atoms with Crippen molar-refractivity contribution in [1.29, 1.82) is 0 Å². The number of hydrogen-bond donors (Lipinski definition) is 2. The Balaban J connectivity index is 0.000000815. The first-order valence-electron chi connectivity index (χ1n) is 8.56. The van der Waals surface area contributed by atoms with E-state index in [0.29, 0.717) is 17.9 Å². The van der Waals surface area contributed by atoms with Crippen molar-refractivity contribution in [3.8, 4) is 11.5 Å². The van der Waals surface area contributed by atoms with Gasteiger partial charge in [0.2, 0.25) is 6.79 Å². The van der Waals surface area contributed by atoms with Crippen molar-refractivity contribution in [2.24, 2.45) is 0 Å². The SMILES string of the molecule is CC.CC1(C)OC2C(O)CC(c3ccc4c(c3)OCO4)C(O1)C2O. The van der Waals surface area contributed by atoms with Gasteiger partial charge < -0.3 is 29.2 Å². The molecule has 2 aliphatic heterocycles. The molecule has 2 fully saturated rings. The zero-order valence-corrected chi connectivity index (χ0v) is 14.6. The molecule has 1 saturated carbocycles. The standard InChI is InChI=1S/C16H20O6.C2H6/c1-16(2)21-14-9(6-10(17)15(22-16)13(14)18)8-3-4-11-12(5-8)20-7-19-11;1-2/h3-5,9-10,13-15,17-18H,6-7H2,1-2H3;1-2H3. The molecule has 1 aromatic carbocycles. The fourth-order valence-electron chi connectivity index (χ4n) is 3.63. The van der Waals surface area contributed by atoms with E-state index in [1.165, 1.54) is 0 Å². The molecular weight excluding hydrogens is 312 g/mol. The summed E-state index contributed by atoms with van der Waals surface area (Å²) in [7, 11) is 0. The van der Waals surface area contributed by atoms with Crippen LogP contribution in [0.1, 0.15) is 45.6 Å². The fraction of sp³-hybridized carbons (Fsp3) is 0.667. The molecule has 5 atom stereocenters. The lowest BCUT2D eigenvalue weighted by molar-refractivity contribution is -0.362. The predicted octanol–water partition coefficient (Wildman–Crippen LogP) is 2.17. The number of ether oxygens (including phenoxy) is 4. The molecule has 1 aromatic rings. The molecule has 24 heavy (non-hydrogen) atoms. The third-order valence-corrected chi connectivity index (χ3v) is 4.61. The van der Waals surface area contributed by atoms with Gasteiger partial charge in [0.25, 0.3) is 0 Å². The highest BCUT2D eigenvalue weighted by atomic mass is 16.7. The molecule has 0 aromatic heterocycles. The van der Waals surface area contributed by atoms with Crippen molar-refractivity contribution >= 4 is 0 Å². The Morgan fingerprint density at radius 3 is 2.42 bits per heavy atom. The average molecular weight is 338 g/mol. The van der Waals surface area contributed by atoms with Crippen LogP contribution in [0.3, 0.4) is 0 Å². The molecule has 6 heteroatoms. The Morgan fingerprint density at radius 2 is 1.67 bits per heavy atom. The van der Waals surface area contributed by atoms with Gasteiger partial charge in [-0.05, 0) is 38.0 Å². The van der Waals surface area contributed by atoms with Gasteiger partial charge in [0.1, 0.15) is 12.2 Å². The predicted molar refractivity (Wildman–Crippen MR) is 87.1 cm³/mol. The molecule has 0 spiro atoms. The average Bonchev–Trinajstić information content (AvgIpc) is 3.02. The van der Waals surface area contributed by atoms with Gasteiger partial charge in [-0.3, -0.25) is 0 Å². The fourth-order valence-corrected chi connectivity index (χ4v) is 3.63. The minimum Gasteiger partial charge on any atom is -0.454 e. The molecule has 3 aliphatic rings. The second-order valence-corrected chi connectivity index (χ2v) is 6.58. The Hall–Kier alpha value is -1.34. The van der Waals surface area contributed by atoms with Crippen molar-refractivity contribution < 1.29 is 29.2 Å². The van der Waals surface area contributed by atoms with Crippen molar-refractivity contribution in [2.75, 3.05) is 6.79 Å². The van der Waals surface area contributed by atoms with E-state index in [4.69, 9.17) is 18.9 Å². The van der Waals surface area contributed by atoms with Crippen LogP contribution in [0.4, 0.5) is 0 Å². The number of fused-ring (bicyclic) bond motifs is 3. The van der Waals surface area contributed by atoms with Crippen LogP contribution in [-0.4, -0.2) is 47.2 Å². The summed E-state index contributed by atoms with van der Waals surface area (Å²) < 4.78 is 22.3. The van der Waals surface area contributed by atoms with Crippen LogP contribution >= 0.6 is 0 Å². The largest absolute Gasteiger partial charge is 0.454 e. The monoisotopic (exact) mass is 338 g/mol. The number of rotatable bonds is 1. The molecule has 2 bridgehead atoms. The van der Waals surface area contributed by atoms with E-state index in [1.807, 2.05) is 32.0 Å². The maximum absolute atomic E-state index is 10.5. The quantitative estimate of drug-likeness (QED) is 0.817. The summed E-state index contributed by atoms with van der Waals surface area (Å²) in [6, 6.07) is 5.69. The number of aliphatic hydroxyl groups is 2. The summed E-state index contributed by atoms with van der Waals surface area (Å²) in [6.07, 6.45) is -2.14. The summed E-state index contributed by atoms with van der Waals surface area (Å²) in [6.45, 7) is 7.82. The van der Waals surface area contributed by atoms with E-state index in [0.717, 1.165) is 5.56 Å². The zero-order valence-electron chi connectivity index (χ0n) is 14.6. The summed E-state index contributed by atoms with van der Waals surface area (Å²) >= 11 is 0. The first-order valence-corrected chi connectivity index (χ1v) is 8.56. The molecule has 1 saturated heterocycles. The second-order valence-electron chi connectivity index (χ2n) is 6.58. The number of benzene rings is 1. The Bertz CT molecular complexity index is 587. The molecule has 0 radical (unpaired) electrons. The molecule has 6 nitrogen and oxygen atoms in total. The van der Waals surface area contributed by atoms with Gasteiger partial charge in [0.15, 0.2) is 17.3 Å². The van der Waals surface area contributed by atoms with E-state index in [1.54, 1.807) is 13.8 Å². The lowest BCUT2D eigenvalue weighted by atomic mass is 9.76. The smallest absolute Gasteiger partial charge is 0.231 e. The first kappa shape index (κ1) is 17.5. The third kappa shape index (κ3) is 2.99. The highest BCUT2D eigenvalue weighted by Crippen LogP contribution is 2.45. The van der Waals surface area contributed by atoms with Crippen molar-refractivity contribution in [1.82, 2.24) is 0 Å². The highest BCUT2D eigenvalue weighted by Gasteiger charge is 2.53. The first-order chi connectivity index (χ1) is 11.4. The number of hydrogen-bond acceptors (Lipinski definition) is 6. The molecule has 0 amide bonds. The third-order valence-electron chi connectivity index (χ3n) is 4.61. The van der Waals surface area contributed by atoms with Gasteiger partial charge in [0.05, 0.1) is 12.2 Å². The highest BCUT2D eigenvalue weighted by molar-refractivity contribution is 5.46. The maximum atomic E-state index is 10.5. The van der Waals surface area contributed by atoms with E-state index in [2.05, 4.69) is 0 Å². The molecule has 2 heterocycles. The van der Waals surface area contributed by atoms with Crippen LogP contribution in [0, 0.1) is 0 Å². The van der Waals surface area contributed by atoms with Crippen LogP contribution in [0.5, 0.6) is 11.5 Å². The van der Waals surface area contributed by atoms with Crippen LogP contribution in [0.25, 0.3) is 0 Å². The van der Waals surface area contributed by atoms with Gasteiger partial charge in [-0.1, -0.05) is 19.9 Å². The summed E-state index contributed by atoms with van der Waals surface area (Å²) in [5, 5.41) is 20.8. The summed E-state index contributed by atoms with van der Waals surface area (Å²) in [5.41, 5.74) is 0.962. The molecule has 1 aliphatic carbocycles. The van der Waals surface area contributed by atoms with E-state index >= 15 is 0 Å².